The molecule has 0 unspecified atom stereocenters. The van der Waals surface area contributed by atoms with Crippen molar-refractivity contribution in [2.45, 2.75) is 26.7 Å². The van der Waals surface area contributed by atoms with Gasteiger partial charge in [-0.25, -0.2) is 9.97 Å². The van der Waals surface area contributed by atoms with Gasteiger partial charge in [0, 0.05) is 11.9 Å². The molecule has 5 heteroatoms. The zero-order valence-electron chi connectivity index (χ0n) is 11.7. The normalized spacial score (nSPS) is 13.1. The lowest BCUT2D eigenvalue weighted by atomic mass is 10.1. The van der Waals surface area contributed by atoms with Gasteiger partial charge < -0.3 is 10.6 Å². The molecular formula is C15H16N4O. The molecule has 0 saturated heterocycles. The predicted molar refractivity (Wildman–Crippen MR) is 78.5 cm³/mol. The first-order valence-corrected chi connectivity index (χ1v) is 6.60. The van der Waals surface area contributed by atoms with Crippen LogP contribution >= 0.6 is 0 Å². The van der Waals surface area contributed by atoms with Crippen molar-refractivity contribution < 1.29 is 4.79 Å². The highest BCUT2D eigenvalue weighted by molar-refractivity contribution is 6.11. The van der Waals surface area contributed by atoms with Crippen LogP contribution in [0.2, 0.25) is 0 Å². The Hall–Kier alpha value is -2.43. The van der Waals surface area contributed by atoms with E-state index in [1.54, 1.807) is 6.20 Å². The zero-order chi connectivity index (χ0) is 14.3. The van der Waals surface area contributed by atoms with E-state index in [0.29, 0.717) is 28.8 Å². The Kier molecular flexibility index (Phi) is 2.89. The summed E-state index contributed by atoms with van der Waals surface area (Å²) in [5, 5.41) is 6.02. The third kappa shape index (κ3) is 2.11. The van der Waals surface area contributed by atoms with Gasteiger partial charge in [0.05, 0.1) is 11.3 Å². The summed E-state index contributed by atoms with van der Waals surface area (Å²) in [6.45, 7) is 6.08. The second-order valence-corrected chi connectivity index (χ2v) is 5.27. The third-order valence-electron chi connectivity index (χ3n) is 3.26. The van der Waals surface area contributed by atoms with E-state index in [1.807, 2.05) is 25.1 Å². The number of pyridine rings is 2. The van der Waals surface area contributed by atoms with Crippen LogP contribution in [0.15, 0.2) is 24.4 Å². The van der Waals surface area contributed by atoms with E-state index in [4.69, 9.17) is 0 Å². The molecule has 0 fully saturated rings. The van der Waals surface area contributed by atoms with Gasteiger partial charge in [0.2, 0.25) is 0 Å². The van der Waals surface area contributed by atoms with Crippen LogP contribution < -0.4 is 10.6 Å². The standard InChI is InChI=1S/C15H16N4O/c1-8(2)11-4-5-12-14(17-11)19-13-10(15(20)18-12)6-9(3)7-16-13/h4-8H,1-3H3,(H,18,20)(H,16,17,19). The van der Waals surface area contributed by atoms with Gasteiger partial charge >= 0.3 is 0 Å². The van der Waals surface area contributed by atoms with Gasteiger partial charge in [0.25, 0.3) is 5.91 Å². The molecule has 0 radical (unpaired) electrons. The second-order valence-electron chi connectivity index (χ2n) is 5.27. The number of amides is 1. The molecule has 0 aromatic carbocycles. The van der Waals surface area contributed by atoms with Crippen molar-refractivity contribution >= 4 is 23.2 Å². The van der Waals surface area contributed by atoms with E-state index in [1.165, 1.54) is 0 Å². The number of carbonyl (C=O) groups is 1. The van der Waals surface area contributed by atoms with Gasteiger partial charge in [-0.1, -0.05) is 13.8 Å². The fraction of sp³-hybridized carbons (Fsp3) is 0.267. The van der Waals surface area contributed by atoms with Crippen molar-refractivity contribution in [2.75, 3.05) is 10.6 Å². The number of carbonyl (C=O) groups excluding carboxylic acids is 1. The number of nitrogens with zero attached hydrogens (tertiary/aromatic N) is 2. The fourth-order valence-corrected chi connectivity index (χ4v) is 2.14. The maximum absolute atomic E-state index is 12.2. The molecule has 0 aliphatic carbocycles. The van der Waals surface area contributed by atoms with E-state index in [9.17, 15) is 4.79 Å². The molecular weight excluding hydrogens is 252 g/mol. The summed E-state index contributed by atoms with van der Waals surface area (Å²) < 4.78 is 0. The Morgan fingerprint density at radius 2 is 1.95 bits per heavy atom. The van der Waals surface area contributed by atoms with Crippen LogP contribution in [0.5, 0.6) is 0 Å². The Morgan fingerprint density at radius 1 is 1.15 bits per heavy atom. The molecule has 3 rings (SSSR count). The van der Waals surface area contributed by atoms with Crippen molar-refractivity contribution in [3.05, 3.63) is 41.2 Å². The summed E-state index contributed by atoms with van der Waals surface area (Å²) in [6, 6.07) is 5.63. The minimum absolute atomic E-state index is 0.165. The molecule has 1 aliphatic heterocycles. The monoisotopic (exact) mass is 268 g/mol. The highest BCUT2D eigenvalue weighted by Gasteiger charge is 2.21. The molecule has 5 nitrogen and oxygen atoms in total. The molecule has 0 bridgehead atoms. The van der Waals surface area contributed by atoms with Gasteiger partial charge in [-0.3, -0.25) is 4.79 Å². The average molecular weight is 268 g/mol. The van der Waals surface area contributed by atoms with E-state index in [0.717, 1.165) is 11.3 Å². The molecule has 2 aromatic rings. The molecule has 0 spiro atoms. The van der Waals surface area contributed by atoms with Crippen LogP contribution in [-0.2, 0) is 0 Å². The molecule has 0 atom stereocenters. The lowest BCUT2D eigenvalue weighted by molar-refractivity contribution is 0.102. The highest BCUT2D eigenvalue weighted by Crippen LogP contribution is 2.30. The Balaban J connectivity index is 2.11. The lowest BCUT2D eigenvalue weighted by Crippen LogP contribution is -2.11. The molecule has 3 heterocycles. The lowest BCUT2D eigenvalue weighted by Gasteiger charge is -2.11. The number of anilines is 3. The second kappa shape index (κ2) is 4.59. The fourth-order valence-electron chi connectivity index (χ4n) is 2.14. The summed E-state index contributed by atoms with van der Waals surface area (Å²) in [5.41, 5.74) is 3.13. The first-order chi connectivity index (χ1) is 9.54. The molecule has 102 valence electrons. The number of hydrogen-bond donors (Lipinski definition) is 2. The number of aromatic nitrogens is 2. The smallest absolute Gasteiger partial charge is 0.259 e. The van der Waals surface area contributed by atoms with E-state index in [2.05, 4.69) is 34.4 Å². The number of aryl methyl sites for hydroxylation is 1. The molecule has 0 saturated carbocycles. The molecule has 20 heavy (non-hydrogen) atoms. The summed E-state index contributed by atoms with van der Waals surface area (Å²) in [5.74, 6) is 1.34. The van der Waals surface area contributed by atoms with Gasteiger partial charge in [-0.2, -0.15) is 0 Å². The largest absolute Gasteiger partial charge is 0.323 e. The van der Waals surface area contributed by atoms with Gasteiger partial charge in [0.1, 0.15) is 5.82 Å². The Labute approximate surface area is 117 Å². The maximum atomic E-state index is 12.2. The summed E-state index contributed by atoms with van der Waals surface area (Å²) in [6.07, 6.45) is 1.73. The quantitative estimate of drug-likeness (QED) is 0.833. The Morgan fingerprint density at radius 3 is 2.70 bits per heavy atom. The van der Waals surface area contributed by atoms with Gasteiger partial charge in [0.15, 0.2) is 5.82 Å². The SMILES string of the molecule is Cc1cnc2c(c1)C(=O)Nc1ccc(C(C)C)nc1N2. The van der Waals surface area contributed by atoms with Crippen LogP contribution in [0.25, 0.3) is 0 Å². The summed E-state index contributed by atoms with van der Waals surface area (Å²) in [4.78, 5) is 21.1. The van der Waals surface area contributed by atoms with Gasteiger partial charge in [-0.15, -0.1) is 0 Å². The van der Waals surface area contributed by atoms with Crippen LogP contribution in [0.4, 0.5) is 17.3 Å². The van der Waals surface area contributed by atoms with Crippen LogP contribution in [-0.4, -0.2) is 15.9 Å². The van der Waals surface area contributed by atoms with E-state index in [-0.39, 0.29) is 5.91 Å². The third-order valence-corrected chi connectivity index (χ3v) is 3.26. The molecule has 2 aromatic heterocycles. The zero-order valence-corrected chi connectivity index (χ0v) is 11.7. The number of hydrogen-bond acceptors (Lipinski definition) is 4. The first kappa shape index (κ1) is 12.6. The van der Waals surface area contributed by atoms with Crippen molar-refractivity contribution in [3.63, 3.8) is 0 Å². The highest BCUT2D eigenvalue weighted by atomic mass is 16.1. The summed E-state index contributed by atoms with van der Waals surface area (Å²) in [7, 11) is 0. The predicted octanol–water partition coefficient (Wildman–Crippen LogP) is 3.22. The topological polar surface area (TPSA) is 66.9 Å². The number of fused-ring (bicyclic) bond motifs is 2. The average Bonchev–Trinajstić information content (AvgIpc) is 2.54. The van der Waals surface area contributed by atoms with Crippen LogP contribution in [0, 0.1) is 6.92 Å². The van der Waals surface area contributed by atoms with E-state index < -0.39 is 0 Å². The molecule has 1 amide bonds. The van der Waals surface area contributed by atoms with Crippen molar-refractivity contribution in [3.8, 4) is 0 Å². The number of nitrogens with one attached hydrogen (secondary N) is 2. The van der Waals surface area contributed by atoms with Crippen LogP contribution in [0.1, 0.15) is 41.4 Å². The minimum Gasteiger partial charge on any atom is -0.323 e. The van der Waals surface area contributed by atoms with Crippen LogP contribution in [0.3, 0.4) is 0 Å². The molecule has 1 aliphatic rings. The van der Waals surface area contributed by atoms with Crippen molar-refractivity contribution in [2.24, 2.45) is 0 Å². The van der Waals surface area contributed by atoms with E-state index >= 15 is 0 Å². The summed E-state index contributed by atoms with van der Waals surface area (Å²) >= 11 is 0. The Bertz CT molecular complexity index is 694. The minimum atomic E-state index is -0.165. The number of rotatable bonds is 1. The maximum Gasteiger partial charge on any atom is 0.259 e. The molecule has 2 N–H and O–H groups in total. The first-order valence-electron chi connectivity index (χ1n) is 6.60. The van der Waals surface area contributed by atoms with Crippen molar-refractivity contribution in [1.82, 2.24) is 9.97 Å². The van der Waals surface area contributed by atoms with Crippen molar-refractivity contribution in [1.29, 1.82) is 0 Å². The van der Waals surface area contributed by atoms with Gasteiger partial charge in [-0.05, 0) is 36.6 Å².